The lowest BCUT2D eigenvalue weighted by Gasteiger charge is -2.26. The second kappa shape index (κ2) is 3.83. The molecular formula is C8H17NO2. The lowest BCUT2D eigenvalue weighted by atomic mass is 10.1. The summed E-state index contributed by atoms with van der Waals surface area (Å²) >= 11 is 0. The van der Waals surface area contributed by atoms with Crippen molar-refractivity contribution in [2.75, 3.05) is 0 Å². The van der Waals surface area contributed by atoms with Gasteiger partial charge < -0.3 is 4.74 Å². The molecule has 0 amide bonds. The third-order valence-corrected chi connectivity index (χ3v) is 1.70. The number of carbonyl (C=O) groups excluding carboxylic acids is 1. The quantitative estimate of drug-likeness (QED) is 0.624. The molecule has 0 saturated carbocycles. The maximum atomic E-state index is 10.7. The second-order valence-electron chi connectivity index (χ2n) is 3.26. The zero-order valence-corrected chi connectivity index (χ0v) is 7.68. The maximum Gasteiger partial charge on any atom is 0.173 e. The first-order valence-corrected chi connectivity index (χ1v) is 3.83. The Morgan fingerprint density at radius 2 is 2.09 bits per heavy atom. The highest BCUT2D eigenvalue weighted by Crippen LogP contribution is 2.14. The van der Waals surface area contributed by atoms with Crippen molar-refractivity contribution in [2.24, 2.45) is 5.73 Å². The van der Waals surface area contributed by atoms with E-state index in [1.54, 1.807) is 0 Å². The summed E-state index contributed by atoms with van der Waals surface area (Å²) in [6, 6.07) is 0. The minimum absolute atomic E-state index is 0.133. The summed E-state index contributed by atoms with van der Waals surface area (Å²) in [5.74, 6) is -0.133. The number of nitrogens with two attached hydrogens (primary N) is 1. The number of ketones is 1. The van der Waals surface area contributed by atoms with Crippen LogP contribution in [0.2, 0.25) is 0 Å². The summed E-state index contributed by atoms with van der Waals surface area (Å²) in [7, 11) is 0. The lowest BCUT2D eigenvalue weighted by molar-refractivity contribution is -0.139. The molecular weight excluding hydrogens is 142 g/mol. The Morgan fingerprint density at radius 3 is 2.36 bits per heavy atom. The predicted octanol–water partition coefficient (Wildman–Crippen LogP) is 1.07. The molecule has 1 atom stereocenters. The zero-order valence-electron chi connectivity index (χ0n) is 7.68. The van der Waals surface area contributed by atoms with Crippen LogP contribution < -0.4 is 5.73 Å². The second-order valence-corrected chi connectivity index (χ2v) is 3.26. The summed E-state index contributed by atoms with van der Waals surface area (Å²) in [6.45, 7) is 7.24. The first-order chi connectivity index (χ1) is 4.89. The Kier molecular flexibility index (Phi) is 3.69. The van der Waals surface area contributed by atoms with E-state index < -0.39 is 6.23 Å². The minimum Gasteiger partial charge on any atom is -0.350 e. The molecule has 0 spiro atoms. The van der Waals surface area contributed by atoms with Gasteiger partial charge in [0.25, 0.3) is 0 Å². The Balaban J connectivity index is 3.93. The van der Waals surface area contributed by atoms with Gasteiger partial charge in [0, 0.05) is 0 Å². The monoisotopic (exact) mass is 159 g/mol. The molecule has 0 saturated heterocycles. The normalized spacial score (nSPS) is 14.6. The van der Waals surface area contributed by atoms with Gasteiger partial charge in [-0.05, 0) is 27.2 Å². The van der Waals surface area contributed by atoms with Crippen LogP contribution in [0.25, 0.3) is 0 Å². The molecule has 3 heteroatoms. The van der Waals surface area contributed by atoms with Crippen molar-refractivity contribution in [1.82, 2.24) is 0 Å². The molecule has 0 aromatic rings. The third-order valence-electron chi connectivity index (χ3n) is 1.70. The van der Waals surface area contributed by atoms with Crippen molar-refractivity contribution in [1.29, 1.82) is 0 Å². The fraction of sp³-hybridized carbons (Fsp3) is 0.875. The number of hydrogen-bond donors (Lipinski definition) is 1. The van der Waals surface area contributed by atoms with Crippen LogP contribution >= 0.6 is 0 Å². The van der Waals surface area contributed by atoms with Gasteiger partial charge in [0.1, 0.15) is 0 Å². The van der Waals surface area contributed by atoms with E-state index in [0.717, 1.165) is 6.42 Å². The Hall–Kier alpha value is -0.410. The van der Waals surface area contributed by atoms with Crippen molar-refractivity contribution < 1.29 is 9.53 Å². The molecule has 2 N–H and O–H groups in total. The topological polar surface area (TPSA) is 52.3 Å². The maximum absolute atomic E-state index is 10.7. The van der Waals surface area contributed by atoms with Crippen LogP contribution in [0.4, 0.5) is 0 Å². The van der Waals surface area contributed by atoms with E-state index in [4.69, 9.17) is 10.5 Å². The third kappa shape index (κ3) is 4.11. The van der Waals surface area contributed by atoms with Crippen LogP contribution in [0.3, 0.4) is 0 Å². The predicted molar refractivity (Wildman–Crippen MR) is 44.1 cm³/mol. The van der Waals surface area contributed by atoms with E-state index in [2.05, 4.69) is 0 Å². The number of Topliss-reactive ketones (excluding diaryl/α,β-unsaturated/α-hetero) is 1. The molecule has 11 heavy (non-hydrogen) atoms. The molecule has 0 aliphatic rings. The first kappa shape index (κ1) is 10.6. The van der Waals surface area contributed by atoms with Crippen molar-refractivity contribution in [2.45, 2.75) is 45.9 Å². The van der Waals surface area contributed by atoms with E-state index in [-0.39, 0.29) is 11.4 Å². The molecule has 0 bridgehead atoms. The van der Waals surface area contributed by atoms with Gasteiger partial charge in [-0.1, -0.05) is 6.92 Å². The summed E-state index contributed by atoms with van der Waals surface area (Å²) in [5.41, 5.74) is 5.11. The molecule has 0 fully saturated rings. The van der Waals surface area contributed by atoms with Crippen LogP contribution in [0.5, 0.6) is 0 Å². The van der Waals surface area contributed by atoms with E-state index in [0.29, 0.717) is 0 Å². The van der Waals surface area contributed by atoms with Crippen LogP contribution in [0, 0.1) is 0 Å². The minimum atomic E-state index is -0.773. The van der Waals surface area contributed by atoms with Crippen molar-refractivity contribution in [3.63, 3.8) is 0 Å². The molecule has 0 aromatic heterocycles. The Morgan fingerprint density at radius 1 is 1.64 bits per heavy atom. The largest absolute Gasteiger partial charge is 0.350 e. The molecule has 0 radical (unpaired) electrons. The van der Waals surface area contributed by atoms with Crippen molar-refractivity contribution in [3.8, 4) is 0 Å². The molecule has 3 nitrogen and oxygen atoms in total. The van der Waals surface area contributed by atoms with Crippen LogP contribution in [-0.4, -0.2) is 17.6 Å². The summed E-state index contributed by atoms with van der Waals surface area (Å²) in [6.07, 6.45) is 0.0681. The van der Waals surface area contributed by atoms with Gasteiger partial charge in [-0.3, -0.25) is 10.5 Å². The lowest BCUT2D eigenvalue weighted by Crippen LogP contribution is -2.39. The van der Waals surface area contributed by atoms with Gasteiger partial charge in [-0.25, -0.2) is 0 Å². The van der Waals surface area contributed by atoms with Gasteiger partial charge in [0.2, 0.25) is 0 Å². The van der Waals surface area contributed by atoms with Gasteiger partial charge >= 0.3 is 0 Å². The van der Waals surface area contributed by atoms with Crippen LogP contribution in [0.1, 0.15) is 34.1 Å². The molecule has 0 aliphatic heterocycles. The SMILES string of the molecule is CCC(C)(C)O[C@@H](N)C(C)=O. The average molecular weight is 159 g/mol. The smallest absolute Gasteiger partial charge is 0.173 e. The average Bonchev–Trinajstić information content (AvgIpc) is 1.87. The Bertz CT molecular complexity index is 143. The van der Waals surface area contributed by atoms with E-state index in [1.165, 1.54) is 6.92 Å². The highest BCUT2D eigenvalue weighted by atomic mass is 16.5. The number of carbonyl (C=O) groups is 1. The van der Waals surface area contributed by atoms with E-state index >= 15 is 0 Å². The molecule has 0 aliphatic carbocycles. The van der Waals surface area contributed by atoms with Gasteiger partial charge in [0.15, 0.2) is 12.0 Å². The van der Waals surface area contributed by atoms with Gasteiger partial charge in [-0.15, -0.1) is 0 Å². The number of hydrogen-bond acceptors (Lipinski definition) is 3. The summed E-state index contributed by atoms with van der Waals surface area (Å²) in [4.78, 5) is 10.7. The number of rotatable bonds is 4. The molecule has 0 heterocycles. The fourth-order valence-corrected chi connectivity index (χ4v) is 0.510. The summed E-state index contributed by atoms with van der Waals surface area (Å²) < 4.78 is 5.28. The first-order valence-electron chi connectivity index (χ1n) is 3.83. The Labute approximate surface area is 67.9 Å². The molecule has 0 aromatic carbocycles. The van der Waals surface area contributed by atoms with Gasteiger partial charge in [-0.2, -0.15) is 0 Å². The molecule has 66 valence electrons. The zero-order chi connectivity index (χ0) is 9.07. The van der Waals surface area contributed by atoms with Crippen LogP contribution in [-0.2, 0) is 9.53 Å². The van der Waals surface area contributed by atoms with Crippen molar-refractivity contribution in [3.05, 3.63) is 0 Å². The summed E-state index contributed by atoms with van der Waals surface area (Å²) in [5, 5.41) is 0. The molecule has 0 unspecified atom stereocenters. The van der Waals surface area contributed by atoms with Gasteiger partial charge in [0.05, 0.1) is 5.60 Å². The fourth-order valence-electron chi connectivity index (χ4n) is 0.510. The standard InChI is InChI=1S/C8H17NO2/c1-5-8(3,4)11-7(9)6(2)10/h7H,5,9H2,1-4H3/t7-/m1/s1. The molecule has 0 rings (SSSR count). The van der Waals surface area contributed by atoms with E-state index in [9.17, 15) is 4.79 Å². The van der Waals surface area contributed by atoms with Crippen molar-refractivity contribution >= 4 is 5.78 Å². The number of ether oxygens (including phenoxy) is 1. The van der Waals surface area contributed by atoms with E-state index in [1.807, 2.05) is 20.8 Å². The highest BCUT2D eigenvalue weighted by Gasteiger charge is 2.21. The van der Waals surface area contributed by atoms with Crippen LogP contribution in [0.15, 0.2) is 0 Å². The highest BCUT2D eigenvalue weighted by molar-refractivity contribution is 5.79.